The minimum Gasteiger partial charge on any atom is -0.508 e. The zero-order valence-electron chi connectivity index (χ0n) is 8.89. The highest BCUT2D eigenvalue weighted by Crippen LogP contribution is 2.18. The Balaban J connectivity index is 1.92. The van der Waals surface area contributed by atoms with Crippen molar-refractivity contribution >= 4 is 5.97 Å². The molecule has 1 aliphatic rings. The lowest BCUT2D eigenvalue weighted by molar-refractivity contribution is -0.139. The molecule has 4 nitrogen and oxygen atoms in total. The zero-order chi connectivity index (χ0) is 11.5. The third kappa shape index (κ3) is 2.52. The molecular formula is C12H15NO3. The van der Waals surface area contributed by atoms with Crippen molar-refractivity contribution in [2.75, 3.05) is 0 Å². The van der Waals surface area contributed by atoms with E-state index in [4.69, 9.17) is 10.2 Å². The summed E-state index contributed by atoms with van der Waals surface area (Å²) in [5.41, 5.74) is 1.11. The molecule has 0 unspecified atom stereocenters. The fourth-order valence-corrected chi connectivity index (χ4v) is 2.09. The average molecular weight is 221 g/mol. The molecule has 1 heterocycles. The molecule has 1 aromatic carbocycles. The normalized spacial score (nSPS) is 24.5. The van der Waals surface area contributed by atoms with Crippen LogP contribution in [0.25, 0.3) is 0 Å². The Labute approximate surface area is 93.9 Å². The highest BCUT2D eigenvalue weighted by atomic mass is 16.4. The molecule has 0 bridgehead atoms. The number of aromatic hydroxyl groups is 1. The molecule has 1 aliphatic heterocycles. The molecule has 0 radical (unpaired) electrons. The lowest BCUT2D eigenvalue weighted by Gasteiger charge is -2.11. The van der Waals surface area contributed by atoms with Gasteiger partial charge in [0.2, 0.25) is 0 Å². The van der Waals surface area contributed by atoms with Crippen molar-refractivity contribution in [3.8, 4) is 5.75 Å². The number of hydrogen-bond donors (Lipinski definition) is 3. The van der Waals surface area contributed by atoms with Gasteiger partial charge in [0.25, 0.3) is 0 Å². The van der Waals surface area contributed by atoms with Gasteiger partial charge in [-0.15, -0.1) is 0 Å². The van der Waals surface area contributed by atoms with E-state index in [0.717, 1.165) is 18.4 Å². The summed E-state index contributed by atoms with van der Waals surface area (Å²) in [4.78, 5) is 10.7. The van der Waals surface area contributed by atoms with Crippen molar-refractivity contribution in [1.29, 1.82) is 0 Å². The van der Waals surface area contributed by atoms with Crippen LogP contribution in [0.2, 0.25) is 0 Å². The molecule has 0 amide bonds. The lowest BCUT2D eigenvalue weighted by atomic mass is 10.0. The van der Waals surface area contributed by atoms with E-state index in [2.05, 4.69) is 5.32 Å². The highest BCUT2D eigenvalue weighted by molar-refractivity contribution is 5.73. The maximum atomic E-state index is 10.7. The highest BCUT2D eigenvalue weighted by Gasteiger charge is 2.28. The number of carboxylic acids is 1. The van der Waals surface area contributed by atoms with E-state index in [0.29, 0.717) is 6.42 Å². The summed E-state index contributed by atoms with van der Waals surface area (Å²) in [5.74, 6) is -0.514. The van der Waals surface area contributed by atoms with Crippen LogP contribution in [-0.4, -0.2) is 28.3 Å². The van der Waals surface area contributed by atoms with Gasteiger partial charge in [0.1, 0.15) is 11.8 Å². The van der Waals surface area contributed by atoms with Crippen LogP contribution in [0.1, 0.15) is 18.4 Å². The summed E-state index contributed by atoms with van der Waals surface area (Å²) in [6.07, 6.45) is 2.39. The molecule has 2 atom stereocenters. The van der Waals surface area contributed by atoms with Gasteiger partial charge in [0, 0.05) is 6.04 Å². The second kappa shape index (κ2) is 4.53. The molecule has 0 saturated carbocycles. The van der Waals surface area contributed by atoms with E-state index in [1.807, 2.05) is 12.1 Å². The molecule has 0 spiro atoms. The van der Waals surface area contributed by atoms with Gasteiger partial charge in [0.05, 0.1) is 0 Å². The summed E-state index contributed by atoms with van der Waals surface area (Å²) in [5, 5.41) is 21.1. The molecule has 0 aliphatic carbocycles. The summed E-state index contributed by atoms with van der Waals surface area (Å²) in [7, 11) is 0. The number of hydrogen-bond acceptors (Lipinski definition) is 3. The van der Waals surface area contributed by atoms with E-state index >= 15 is 0 Å². The number of carboxylic acid groups (broad SMARTS) is 1. The summed E-state index contributed by atoms with van der Waals surface area (Å²) in [6.45, 7) is 0. The van der Waals surface area contributed by atoms with Crippen molar-refractivity contribution in [3.63, 3.8) is 0 Å². The van der Waals surface area contributed by atoms with Gasteiger partial charge in [-0.05, 0) is 37.0 Å². The molecule has 86 valence electrons. The van der Waals surface area contributed by atoms with Crippen LogP contribution in [0.3, 0.4) is 0 Å². The maximum absolute atomic E-state index is 10.7. The number of rotatable bonds is 3. The topological polar surface area (TPSA) is 69.6 Å². The number of nitrogens with one attached hydrogen (secondary N) is 1. The van der Waals surface area contributed by atoms with E-state index in [1.54, 1.807) is 12.1 Å². The molecule has 16 heavy (non-hydrogen) atoms. The number of aliphatic carboxylic acids is 1. The fraction of sp³-hybridized carbons (Fsp3) is 0.417. The van der Waals surface area contributed by atoms with Crippen LogP contribution >= 0.6 is 0 Å². The Morgan fingerprint density at radius 3 is 2.56 bits per heavy atom. The molecular weight excluding hydrogens is 206 g/mol. The van der Waals surface area contributed by atoms with Gasteiger partial charge < -0.3 is 15.5 Å². The monoisotopic (exact) mass is 221 g/mol. The van der Waals surface area contributed by atoms with Gasteiger partial charge in [-0.25, -0.2) is 0 Å². The molecule has 1 saturated heterocycles. The first kappa shape index (κ1) is 11.0. The van der Waals surface area contributed by atoms with Crippen LogP contribution < -0.4 is 5.32 Å². The summed E-state index contributed by atoms with van der Waals surface area (Å²) < 4.78 is 0. The number of phenols is 1. The van der Waals surface area contributed by atoms with Crippen LogP contribution in [0.5, 0.6) is 5.75 Å². The van der Waals surface area contributed by atoms with Gasteiger partial charge in [-0.2, -0.15) is 0 Å². The quantitative estimate of drug-likeness (QED) is 0.716. The molecule has 3 N–H and O–H groups in total. The minimum atomic E-state index is -0.770. The number of carbonyl (C=O) groups is 1. The van der Waals surface area contributed by atoms with Gasteiger partial charge in [-0.3, -0.25) is 4.79 Å². The van der Waals surface area contributed by atoms with E-state index < -0.39 is 12.0 Å². The molecule has 4 heteroatoms. The van der Waals surface area contributed by atoms with Crippen LogP contribution in [0.15, 0.2) is 24.3 Å². The first-order chi connectivity index (χ1) is 7.65. The lowest BCUT2D eigenvalue weighted by Crippen LogP contribution is -2.36. The smallest absolute Gasteiger partial charge is 0.320 e. The van der Waals surface area contributed by atoms with Crippen LogP contribution in [0.4, 0.5) is 0 Å². The van der Waals surface area contributed by atoms with Gasteiger partial charge in [0.15, 0.2) is 0 Å². The van der Waals surface area contributed by atoms with Crippen molar-refractivity contribution in [2.45, 2.75) is 31.3 Å². The van der Waals surface area contributed by atoms with E-state index in [9.17, 15) is 4.79 Å². The maximum Gasteiger partial charge on any atom is 0.320 e. The second-order valence-corrected chi connectivity index (χ2v) is 4.20. The minimum absolute atomic E-state index is 0.227. The Morgan fingerprint density at radius 2 is 2.00 bits per heavy atom. The third-order valence-corrected chi connectivity index (χ3v) is 2.96. The van der Waals surface area contributed by atoms with Crippen molar-refractivity contribution < 1.29 is 15.0 Å². The number of benzene rings is 1. The second-order valence-electron chi connectivity index (χ2n) is 4.20. The Bertz CT molecular complexity index is 374. The zero-order valence-corrected chi connectivity index (χ0v) is 8.89. The fourth-order valence-electron chi connectivity index (χ4n) is 2.09. The Morgan fingerprint density at radius 1 is 1.31 bits per heavy atom. The molecule has 1 aromatic rings. The van der Waals surface area contributed by atoms with Crippen molar-refractivity contribution in [3.05, 3.63) is 29.8 Å². The third-order valence-electron chi connectivity index (χ3n) is 2.96. The Hall–Kier alpha value is -1.55. The summed E-state index contributed by atoms with van der Waals surface area (Å²) in [6, 6.07) is 6.86. The van der Waals surface area contributed by atoms with Crippen LogP contribution in [0, 0.1) is 0 Å². The van der Waals surface area contributed by atoms with Gasteiger partial charge in [-0.1, -0.05) is 12.1 Å². The standard InChI is InChI=1S/C12H15NO3/c14-10-4-1-8(2-5-10)7-9-3-6-11(13-9)12(15)16/h1-2,4-5,9,11,13-14H,3,6-7H2,(H,15,16)/t9-,11-/m0/s1. The average Bonchev–Trinajstić information content (AvgIpc) is 2.70. The summed E-state index contributed by atoms with van der Waals surface area (Å²) >= 11 is 0. The van der Waals surface area contributed by atoms with Crippen LogP contribution in [-0.2, 0) is 11.2 Å². The van der Waals surface area contributed by atoms with Gasteiger partial charge >= 0.3 is 5.97 Å². The van der Waals surface area contributed by atoms with Crippen molar-refractivity contribution in [2.24, 2.45) is 0 Å². The van der Waals surface area contributed by atoms with E-state index in [1.165, 1.54) is 0 Å². The predicted octanol–water partition coefficient (Wildman–Crippen LogP) is 1.14. The number of phenolic OH excluding ortho intramolecular Hbond substituents is 1. The molecule has 2 rings (SSSR count). The molecule has 1 fully saturated rings. The molecule has 0 aromatic heterocycles. The SMILES string of the molecule is O=C(O)[C@@H]1CC[C@@H](Cc2ccc(O)cc2)N1. The largest absolute Gasteiger partial charge is 0.508 e. The first-order valence-corrected chi connectivity index (χ1v) is 5.42. The predicted molar refractivity (Wildman–Crippen MR) is 59.4 cm³/mol. The van der Waals surface area contributed by atoms with Crippen molar-refractivity contribution in [1.82, 2.24) is 5.32 Å². The first-order valence-electron chi connectivity index (χ1n) is 5.42. The Kier molecular flexibility index (Phi) is 3.10. The van der Waals surface area contributed by atoms with E-state index in [-0.39, 0.29) is 11.8 Å².